The van der Waals surface area contributed by atoms with Gasteiger partial charge in [0.05, 0.1) is 12.7 Å². The number of amides is 1. The molecule has 6 heteroatoms. The summed E-state index contributed by atoms with van der Waals surface area (Å²) in [5.41, 5.74) is 3.12. The van der Waals surface area contributed by atoms with E-state index in [9.17, 15) is 4.79 Å². The molecule has 1 fully saturated rings. The van der Waals surface area contributed by atoms with Crippen LogP contribution in [0.1, 0.15) is 38.7 Å². The molecule has 0 spiro atoms. The summed E-state index contributed by atoms with van der Waals surface area (Å²) < 4.78 is 5.09. The predicted octanol–water partition coefficient (Wildman–Crippen LogP) is 4.28. The second-order valence-corrected chi connectivity index (χ2v) is 7.46. The van der Waals surface area contributed by atoms with Gasteiger partial charge in [0.2, 0.25) is 0 Å². The van der Waals surface area contributed by atoms with Crippen molar-refractivity contribution in [2.24, 2.45) is 5.92 Å². The van der Waals surface area contributed by atoms with Crippen LogP contribution in [0.4, 0.5) is 10.5 Å². The van der Waals surface area contributed by atoms with E-state index >= 15 is 0 Å². The molecule has 144 valence electrons. The molecule has 3 rings (SSSR count). The molecule has 2 unspecified atom stereocenters. The first kappa shape index (κ1) is 19.2. The van der Waals surface area contributed by atoms with Gasteiger partial charge in [-0.1, -0.05) is 13.0 Å². The van der Waals surface area contributed by atoms with Crippen LogP contribution in [0.25, 0.3) is 15.7 Å². The molecular weight excluding hydrogens is 340 g/mol. The van der Waals surface area contributed by atoms with Gasteiger partial charge in [-0.3, -0.25) is 0 Å². The lowest BCUT2D eigenvalue weighted by molar-refractivity contribution is 0.114. The fraction of sp³-hybridized carbons (Fsp3) is 0.524. The third kappa shape index (κ3) is 4.81. The molecule has 0 saturated heterocycles. The number of likely N-dealkylation sites (N-methyl/N-ethyl adjacent to an activating group) is 1. The van der Waals surface area contributed by atoms with Gasteiger partial charge in [0.25, 0.3) is 0 Å². The smallest absolute Gasteiger partial charge is 0.407 e. The summed E-state index contributed by atoms with van der Waals surface area (Å²) in [6.45, 7) is 16.5. The Bertz CT molecular complexity index is 836. The van der Waals surface area contributed by atoms with Crippen LogP contribution in [-0.2, 0) is 4.74 Å². The molecule has 1 aliphatic rings. The molecule has 1 amide bonds. The lowest BCUT2D eigenvalue weighted by Crippen LogP contribution is -2.36. The summed E-state index contributed by atoms with van der Waals surface area (Å²) >= 11 is 0. The summed E-state index contributed by atoms with van der Waals surface area (Å²) in [5.74, 6) is 1.18. The minimum atomic E-state index is -0.347. The zero-order chi connectivity index (χ0) is 19.4. The average Bonchev–Trinajstić information content (AvgIpc) is 3.27. The number of fused-ring (bicyclic) bond motifs is 1. The first-order valence-corrected chi connectivity index (χ1v) is 9.67. The molecule has 27 heavy (non-hydrogen) atoms. The summed E-state index contributed by atoms with van der Waals surface area (Å²) in [4.78, 5) is 20.8. The summed E-state index contributed by atoms with van der Waals surface area (Å²) in [6, 6.07) is 5.84. The van der Waals surface area contributed by atoms with E-state index in [1.165, 1.54) is 17.4 Å². The minimum Gasteiger partial charge on any atom is -0.447 e. The Labute approximate surface area is 160 Å². The molecule has 0 aliphatic heterocycles. The van der Waals surface area contributed by atoms with Gasteiger partial charge in [-0.05, 0) is 61.7 Å². The third-order valence-corrected chi connectivity index (χ3v) is 5.13. The van der Waals surface area contributed by atoms with Crippen molar-refractivity contribution in [3.8, 4) is 0 Å². The Morgan fingerprint density at radius 3 is 3.00 bits per heavy atom. The van der Waals surface area contributed by atoms with E-state index in [2.05, 4.69) is 33.2 Å². The first-order valence-electron chi connectivity index (χ1n) is 9.67. The molecule has 1 aromatic carbocycles. The second kappa shape index (κ2) is 8.45. The Kier molecular flexibility index (Phi) is 6.02. The van der Waals surface area contributed by atoms with Crippen molar-refractivity contribution in [1.82, 2.24) is 15.2 Å². The number of nitrogens with zero attached hydrogens (tertiary/aromatic N) is 2. The highest BCUT2D eigenvalue weighted by Gasteiger charge is 2.40. The molecule has 0 radical (unpaired) electrons. The van der Waals surface area contributed by atoms with Gasteiger partial charge >= 0.3 is 6.09 Å². The van der Waals surface area contributed by atoms with Crippen LogP contribution in [0.15, 0.2) is 24.4 Å². The maximum atomic E-state index is 11.6. The molecule has 1 aromatic heterocycles. The van der Waals surface area contributed by atoms with Gasteiger partial charge in [0.15, 0.2) is 5.69 Å². The van der Waals surface area contributed by atoms with Crippen LogP contribution >= 0.6 is 0 Å². The number of carbonyl (C=O) groups is 1. The lowest BCUT2D eigenvalue weighted by atomic mass is 10.1. The monoisotopic (exact) mass is 368 g/mol. The van der Waals surface area contributed by atoms with E-state index in [0.717, 1.165) is 25.2 Å². The van der Waals surface area contributed by atoms with Crippen LogP contribution in [-0.4, -0.2) is 48.3 Å². The SMILES string of the molecule is [C-]#[N+]c1ccc2[nH]cc(C3CC3CN(CC)CCNC(=O)OC(C)C)c2c1. The number of carbonyl (C=O) groups excluding carboxylic acids is 1. The van der Waals surface area contributed by atoms with Gasteiger partial charge in [0.1, 0.15) is 0 Å². The van der Waals surface area contributed by atoms with Crippen molar-refractivity contribution in [3.63, 3.8) is 0 Å². The Morgan fingerprint density at radius 2 is 2.30 bits per heavy atom. The van der Waals surface area contributed by atoms with E-state index in [1.807, 2.05) is 32.0 Å². The zero-order valence-corrected chi connectivity index (χ0v) is 16.3. The van der Waals surface area contributed by atoms with Gasteiger partial charge in [-0.2, -0.15) is 0 Å². The third-order valence-electron chi connectivity index (χ3n) is 5.13. The lowest BCUT2D eigenvalue weighted by Gasteiger charge is -2.20. The van der Waals surface area contributed by atoms with E-state index in [-0.39, 0.29) is 12.2 Å². The van der Waals surface area contributed by atoms with Crippen molar-refractivity contribution in [2.45, 2.75) is 39.2 Å². The maximum Gasteiger partial charge on any atom is 0.407 e. The highest BCUT2D eigenvalue weighted by Crippen LogP contribution is 2.50. The molecule has 1 aliphatic carbocycles. The van der Waals surface area contributed by atoms with Crippen LogP contribution < -0.4 is 5.32 Å². The number of alkyl carbamates (subject to hydrolysis) is 1. The molecular formula is C21H28N4O2. The number of hydrogen-bond acceptors (Lipinski definition) is 3. The van der Waals surface area contributed by atoms with Crippen LogP contribution in [0.5, 0.6) is 0 Å². The number of benzene rings is 1. The first-order chi connectivity index (χ1) is 13.0. The Morgan fingerprint density at radius 1 is 1.48 bits per heavy atom. The quantitative estimate of drug-likeness (QED) is 0.684. The molecule has 1 saturated carbocycles. The van der Waals surface area contributed by atoms with Gasteiger partial charge in [-0.25, -0.2) is 9.64 Å². The van der Waals surface area contributed by atoms with Gasteiger partial charge in [0, 0.05) is 31.3 Å². The number of hydrogen-bond donors (Lipinski definition) is 2. The van der Waals surface area contributed by atoms with Crippen LogP contribution in [0.2, 0.25) is 0 Å². The fourth-order valence-corrected chi connectivity index (χ4v) is 3.62. The average molecular weight is 368 g/mol. The number of nitrogens with one attached hydrogen (secondary N) is 2. The van der Waals surface area contributed by atoms with Crippen molar-refractivity contribution in [1.29, 1.82) is 0 Å². The standard InChI is InChI=1S/C21H28N4O2/c1-5-25(9-8-23-21(26)27-14(2)3)13-15-10-17(15)19-12-24-20-7-6-16(22-4)11-18(19)20/h6-7,11-12,14-15,17,24H,5,8-10,13H2,1-3H3,(H,23,26). The zero-order valence-electron chi connectivity index (χ0n) is 16.3. The number of aromatic amines is 1. The molecule has 2 N–H and O–H groups in total. The maximum absolute atomic E-state index is 11.6. The topological polar surface area (TPSA) is 61.7 Å². The molecule has 0 bridgehead atoms. The van der Waals surface area contributed by atoms with Crippen molar-refractivity contribution in [2.75, 3.05) is 26.2 Å². The highest BCUT2D eigenvalue weighted by atomic mass is 16.6. The summed E-state index contributed by atoms with van der Waals surface area (Å²) in [6.07, 6.45) is 2.83. The molecule has 1 heterocycles. The molecule has 2 aromatic rings. The largest absolute Gasteiger partial charge is 0.447 e. The van der Waals surface area contributed by atoms with Crippen molar-refractivity contribution < 1.29 is 9.53 Å². The van der Waals surface area contributed by atoms with E-state index in [0.29, 0.717) is 24.1 Å². The van der Waals surface area contributed by atoms with Crippen molar-refractivity contribution in [3.05, 3.63) is 41.4 Å². The van der Waals surface area contributed by atoms with Crippen LogP contribution in [0.3, 0.4) is 0 Å². The number of rotatable bonds is 8. The van der Waals surface area contributed by atoms with Gasteiger partial charge in [-0.15, -0.1) is 0 Å². The van der Waals surface area contributed by atoms with Crippen molar-refractivity contribution >= 4 is 22.7 Å². The van der Waals surface area contributed by atoms with E-state index in [4.69, 9.17) is 11.3 Å². The summed E-state index contributed by atoms with van der Waals surface area (Å²) in [7, 11) is 0. The highest BCUT2D eigenvalue weighted by molar-refractivity contribution is 5.87. The second-order valence-electron chi connectivity index (χ2n) is 7.46. The predicted molar refractivity (Wildman–Crippen MR) is 107 cm³/mol. The van der Waals surface area contributed by atoms with Gasteiger partial charge < -0.3 is 19.9 Å². The molecule has 2 atom stereocenters. The van der Waals surface area contributed by atoms with Crippen LogP contribution in [0, 0.1) is 12.5 Å². The number of ether oxygens (including phenoxy) is 1. The fourth-order valence-electron chi connectivity index (χ4n) is 3.62. The summed E-state index contributed by atoms with van der Waals surface area (Å²) in [5, 5.41) is 3.99. The minimum absolute atomic E-state index is 0.0981. The Hall–Kier alpha value is -2.52. The van der Waals surface area contributed by atoms with E-state index < -0.39 is 0 Å². The normalized spacial score (nSPS) is 18.7. The Balaban J connectivity index is 1.52. The number of H-pyrrole nitrogens is 1. The van der Waals surface area contributed by atoms with E-state index in [1.54, 1.807) is 0 Å². The molecule has 6 nitrogen and oxygen atoms in total. The number of aromatic nitrogens is 1.